The lowest BCUT2D eigenvalue weighted by atomic mass is 9.98. The van der Waals surface area contributed by atoms with E-state index in [1.54, 1.807) is 0 Å². The van der Waals surface area contributed by atoms with Crippen LogP contribution in [0.3, 0.4) is 0 Å². The number of hydrogen-bond acceptors (Lipinski definition) is 13. The summed E-state index contributed by atoms with van der Waals surface area (Å²) in [6.07, 6.45) is -5.84. The van der Waals surface area contributed by atoms with Crippen molar-refractivity contribution in [3.05, 3.63) is 64.8 Å². The average Bonchev–Trinajstić information content (AvgIpc) is 2.93. The van der Waals surface area contributed by atoms with Crippen molar-refractivity contribution in [1.29, 1.82) is 0 Å². The zero-order valence-electron chi connectivity index (χ0n) is 23.4. The van der Waals surface area contributed by atoms with Crippen molar-refractivity contribution in [3.8, 4) is 17.2 Å². The summed E-state index contributed by atoms with van der Waals surface area (Å²) < 4.78 is 57.3. The first kappa shape index (κ1) is 31.0. The van der Waals surface area contributed by atoms with Crippen LogP contribution in [0.15, 0.2) is 57.9 Å². The zero-order valence-corrected chi connectivity index (χ0v) is 23.4. The van der Waals surface area contributed by atoms with Crippen molar-refractivity contribution in [2.45, 2.75) is 58.4 Å². The Morgan fingerprint density at radius 1 is 0.791 bits per heavy atom. The van der Waals surface area contributed by atoms with Crippen molar-refractivity contribution < 1.29 is 61.1 Å². The molecule has 0 amide bonds. The summed E-state index contributed by atoms with van der Waals surface area (Å²) >= 11 is 0. The molecule has 3 aromatic rings. The lowest BCUT2D eigenvalue weighted by molar-refractivity contribution is -0.288. The third kappa shape index (κ3) is 7.86. The summed E-state index contributed by atoms with van der Waals surface area (Å²) in [6, 6.07) is 9.19. The molecule has 2 aromatic carbocycles. The van der Waals surface area contributed by atoms with E-state index in [1.807, 2.05) is 0 Å². The van der Waals surface area contributed by atoms with E-state index in [4.69, 9.17) is 37.6 Å². The van der Waals surface area contributed by atoms with Crippen LogP contribution in [0.4, 0.5) is 4.39 Å². The number of carbonyl (C=O) groups excluding carboxylic acids is 4. The maximum atomic E-state index is 13.2. The van der Waals surface area contributed by atoms with Crippen LogP contribution in [-0.2, 0) is 42.9 Å². The highest BCUT2D eigenvalue weighted by atomic mass is 19.1. The Kier molecular flexibility index (Phi) is 9.60. The van der Waals surface area contributed by atoms with Gasteiger partial charge in [0, 0.05) is 33.8 Å². The van der Waals surface area contributed by atoms with Crippen LogP contribution in [0.5, 0.6) is 17.2 Å². The van der Waals surface area contributed by atoms with Gasteiger partial charge in [-0.3, -0.25) is 24.0 Å². The Hall–Kier alpha value is -4.98. The molecule has 1 saturated heterocycles. The van der Waals surface area contributed by atoms with Crippen LogP contribution >= 0.6 is 0 Å². The maximum absolute atomic E-state index is 13.2. The molecule has 43 heavy (non-hydrogen) atoms. The van der Waals surface area contributed by atoms with Gasteiger partial charge in [-0.05, 0) is 36.4 Å². The molecule has 0 saturated carbocycles. The number of halogens is 1. The van der Waals surface area contributed by atoms with Gasteiger partial charge in [-0.25, -0.2) is 4.39 Å². The van der Waals surface area contributed by atoms with E-state index in [1.165, 1.54) is 42.5 Å². The quantitative estimate of drug-likeness (QED) is 0.259. The van der Waals surface area contributed by atoms with Gasteiger partial charge in [-0.15, -0.1) is 0 Å². The molecule has 2 heterocycles. The van der Waals surface area contributed by atoms with Crippen molar-refractivity contribution in [2.24, 2.45) is 0 Å². The Morgan fingerprint density at radius 3 is 2.02 bits per heavy atom. The number of benzene rings is 2. The molecule has 5 atom stereocenters. The molecule has 0 unspecified atom stereocenters. The van der Waals surface area contributed by atoms with Gasteiger partial charge in [0.05, 0.1) is 5.39 Å². The van der Waals surface area contributed by atoms with Gasteiger partial charge in [0.15, 0.2) is 12.2 Å². The van der Waals surface area contributed by atoms with E-state index in [0.717, 1.165) is 34.0 Å². The fraction of sp³-hybridized carbons (Fsp3) is 0.345. The lowest BCUT2D eigenvalue weighted by Gasteiger charge is -2.43. The third-order valence-electron chi connectivity index (χ3n) is 5.96. The van der Waals surface area contributed by atoms with Gasteiger partial charge in [0.2, 0.25) is 23.6 Å². The Morgan fingerprint density at radius 2 is 1.40 bits per heavy atom. The first-order valence-corrected chi connectivity index (χ1v) is 12.9. The number of ether oxygens (including phenoxy) is 7. The minimum Gasteiger partial charge on any atom is -0.463 e. The van der Waals surface area contributed by atoms with Crippen LogP contribution in [0.25, 0.3) is 11.0 Å². The van der Waals surface area contributed by atoms with Gasteiger partial charge in [-0.1, -0.05) is 0 Å². The van der Waals surface area contributed by atoms with Crippen LogP contribution in [0.2, 0.25) is 0 Å². The molecule has 1 aliphatic heterocycles. The fourth-order valence-corrected chi connectivity index (χ4v) is 4.28. The normalized spacial score (nSPS) is 21.4. The number of rotatable bonds is 9. The first-order valence-electron chi connectivity index (χ1n) is 12.9. The summed E-state index contributed by atoms with van der Waals surface area (Å²) in [5.41, 5.74) is -0.441. The SMILES string of the molecule is CC(=O)OC[C@H]1O[C@@H](Oc2ccc3c(=O)c(Oc4ccc(F)cc4)coc3c2)[C@H](OC(C)=O)[C@@H](OC(C)=O)[C@@H]1OC(C)=O. The van der Waals surface area contributed by atoms with Gasteiger partial charge in [0.1, 0.15) is 41.9 Å². The molecule has 13 nitrogen and oxygen atoms in total. The van der Waals surface area contributed by atoms with Crippen molar-refractivity contribution in [3.63, 3.8) is 0 Å². The topological polar surface area (TPSA) is 163 Å². The predicted octanol–water partition coefficient (Wildman–Crippen LogP) is 3.19. The average molecular weight is 603 g/mol. The molecule has 0 aliphatic carbocycles. The van der Waals surface area contributed by atoms with Crippen LogP contribution < -0.4 is 14.9 Å². The molecule has 0 N–H and O–H groups in total. The molecule has 0 radical (unpaired) electrons. The molecule has 1 aliphatic rings. The van der Waals surface area contributed by atoms with E-state index in [0.29, 0.717) is 0 Å². The first-order chi connectivity index (χ1) is 20.4. The maximum Gasteiger partial charge on any atom is 0.303 e. The summed E-state index contributed by atoms with van der Waals surface area (Å²) in [5, 5.41) is 0.119. The third-order valence-corrected chi connectivity index (χ3v) is 5.96. The highest BCUT2D eigenvalue weighted by Crippen LogP contribution is 2.32. The molecule has 14 heteroatoms. The number of hydrogen-bond donors (Lipinski definition) is 0. The van der Waals surface area contributed by atoms with Crippen LogP contribution in [0.1, 0.15) is 27.7 Å². The summed E-state index contributed by atoms with van der Waals surface area (Å²) in [7, 11) is 0. The number of carbonyl (C=O) groups is 4. The molecular weight excluding hydrogens is 575 g/mol. The lowest BCUT2D eigenvalue weighted by Crippen LogP contribution is -2.63. The monoisotopic (exact) mass is 602 g/mol. The minimum atomic E-state index is -1.48. The van der Waals surface area contributed by atoms with Crippen molar-refractivity contribution in [1.82, 2.24) is 0 Å². The molecule has 4 rings (SSSR count). The van der Waals surface area contributed by atoms with Gasteiger partial charge < -0.3 is 37.6 Å². The van der Waals surface area contributed by atoms with E-state index < -0.39 is 72.4 Å². The Bertz CT molecular complexity index is 1560. The summed E-state index contributed by atoms with van der Waals surface area (Å²) in [6.45, 7) is 4.03. The molecule has 228 valence electrons. The Labute approximate surface area is 243 Å². The summed E-state index contributed by atoms with van der Waals surface area (Å²) in [4.78, 5) is 60.5. The second-order valence-corrected chi connectivity index (χ2v) is 9.33. The van der Waals surface area contributed by atoms with Crippen molar-refractivity contribution >= 4 is 34.8 Å². The second kappa shape index (κ2) is 13.3. The van der Waals surface area contributed by atoms with E-state index in [-0.39, 0.29) is 28.2 Å². The summed E-state index contributed by atoms with van der Waals surface area (Å²) in [5.74, 6) is -3.35. The van der Waals surface area contributed by atoms with Gasteiger partial charge >= 0.3 is 23.9 Å². The van der Waals surface area contributed by atoms with Crippen LogP contribution in [-0.4, -0.2) is 61.2 Å². The van der Waals surface area contributed by atoms with Crippen molar-refractivity contribution in [2.75, 3.05) is 6.61 Å². The molecule has 0 spiro atoms. The number of esters is 4. The molecule has 1 fully saturated rings. The molecular formula is C29H27FO13. The molecule has 1 aromatic heterocycles. The van der Waals surface area contributed by atoms with E-state index >= 15 is 0 Å². The van der Waals surface area contributed by atoms with Gasteiger partial charge in [-0.2, -0.15) is 0 Å². The van der Waals surface area contributed by atoms with E-state index in [9.17, 15) is 28.4 Å². The molecule has 0 bridgehead atoms. The largest absolute Gasteiger partial charge is 0.463 e. The standard InChI is InChI=1S/C29H27FO13/c1-14(31)36-13-24-26(38-15(2)32)27(39-16(3)33)28(40-17(4)34)29(43-24)42-20-9-10-21-22(11-20)37-12-23(25(21)35)41-19-7-5-18(30)6-8-19/h5-12,24,26-29H,13H2,1-4H3/t24-,26-,27+,28-,29-/m1/s1. The predicted molar refractivity (Wildman–Crippen MR) is 142 cm³/mol. The van der Waals surface area contributed by atoms with Gasteiger partial charge in [0.25, 0.3) is 0 Å². The highest BCUT2D eigenvalue weighted by molar-refractivity contribution is 5.79. The number of fused-ring (bicyclic) bond motifs is 1. The second-order valence-electron chi connectivity index (χ2n) is 9.33. The highest BCUT2D eigenvalue weighted by Gasteiger charge is 2.53. The zero-order chi connectivity index (χ0) is 31.3. The fourth-order valence-electron chi connectivity index (χ4n) is 4.28. The van der Waals surface area contributed by atoms with Crippen LogP contribution in [0, 0.1) is 5.82 Å². The Balaban J connectivity index is 1.66. The minimum absolute atomic E-state index is 0.0729. The van der Waals surface area contributed by atoms with E-state index in [2.05, 4.69) is 0 Å². The smallest absolute Gasteiger partial charge is 0.303 e.